The van der Waals surface area contributed by atoms with Crippen molar-refractivity contribution < 1.29 is 0 Å². The third kappa shape index (κ3) is 4.26. The average molecular weight is 250 g/mol. The Morgan fingerprint density at radius 2 is 1.78 bits per heavy atom. The standard InChI is InChI=1S/C14H26N4/c1-10(2)12(5)18(6)14-9-16-13(8-17-14)7-15-11(3)4/h8-12,15H,7H2,1-6H3. The maximum Gasteiger partial charge on any atom is 0.147 e. The van der Waals surface area contributed by atoms with Crippen LogP contribution in [-0.2, 0) is 6.54 Å². The van der Waals surface area contributed by atoms with Gasteiger partial charge in [0.25, 0.3) is 0 Å². The van der Waals surface area contributed by atoms with Gasteiger partial charge in [0.2, 0.25) is 0 Å². The maximum absolute atomic E-state index is 4.48. The van der Waals surface area contributed by atoms with E-state index in [-0.39, 0.29) is 0 Å². The summed E-state index contributed by atoms with van der Waals surface area (Å²) in [5.41, 5.74) is 0.984. The number of rotatable bonds is 6. The molecule has 4 heteroatoms. The summed E-state index contributed by atoms with van der Waals surface area (Å²) in [5.74, 6) is 1.53. The minimum absolute atomic E-state index is 0.457. The molecule has 1 unspecified atom stereocenters. The minimum Gasteiger partial charge on any atom is -0.355 e. The Kier molecular flexibility index (Phi) is 5.54. The molecule has 0 fully saturated rings. The Hall–Kier alpha value is -1.16. The molecule has 0 saturated heterocycles. The van der Waals surface area contributed by atoms with Gasteiger partial charge in [-0.05, 0) is 12.8 Å². The predicted octanol–water partition coefficient (Wildman–Crippen LogP) is 2.46. The van der Waals surface area contributed by atoms with Gasteiger partial charge in [-0.3, -0.25) is 4.98 Å². The van der Waals surface area contributed by atoms with Gasteiger partial charge >= 0.3 is 0 Å². The topological polar surface area (TPSA) is 41.1 Å². The lowest BCUT2D eigenvalue weighted by Gasteiger charge is -2.28. The van der Waals surface area contributed by atoms with E-state index in [1.54, 1.807) is 0 Å². The van der Waals surface area contributed by atoms with Crippen LogP contribution in [0.3, 0.4) is 0 Å². The van der Waals surface area contributed by atoms with E-state index in [9.17, 15) is 0 Å². The molecular weight excluding hydrogens is 224 g/mol. The first-order valence-corrected chi connectivity index (χ1v) is 6.69. The molecule has 1 atom stereocenters. The highest BCUT2D eigenvalue weighted by Crippen LogP contribution is 2.15. The largest absolute Gasteiger partial charge is 0.355 e. The summed E-state index contributed by atoms with van der Waals surface area (Å²) in [4.78, 5) is 11.1. The van der Waals surface area contributed by atoms with E-state index in [1.165, 1.54) is 0 Å². The van der Waals surface area contributed by atoms with E-state index in [0.29, 0.717) is 18.0 Å². The molecule has 0 amide bonds. The van der Waals surface area contributed by atoms with Gasteiger partial charge in [0, 0.05) is 25.7 Å². The van der Waals surface area contributed by atoms with Crippen LogP contribution in [0.25, 0.3) is 0 Å². The first-order valence-electron chi connectivity index (χ1n) is 6.69. The highest BCUT2D eigenvalue weighted by atomic mass is 15.2. The first-order chi connectivity index (χ1) is 8.41. The summed E-state index contributed by atoms with van der Waals surface area (Å²) in [6.45, 7) is 11.7. The van der Waals surface area contributed by atoms with Crippen LogP contribution in [-0.4, -0.2) is 29.1 Å². The van der Waals surface area contributed by atoms with Crippen molar-refractivity contribution in [2.75, 3.05) is 11.9 Å². The lowest BCUT2D eigenvalue weighted by atomic mass is 10.1. The summed E-state index contributed by atoms with van der Waals surface area (Å²) in [5, 5.41) is 3.34. The smallest absolute Gasteiger partial charge is 0.147 e. The van der Waals surface area contributed by atoms with E-state index in [4.69, 9.17) is 0 Å². The van der Waals surface area contributed by atoms with Crippen molar-refractivity contribution in [3.05, 3.63) is 18.1 Å². The van der Waals surface area contributed by atoms with Crippen LogP contribution in [0.4, 0.5) is 5.82 Å². The van der Waals surface area contributed by atoms with E-state index >= 15 is 0 Å². The summed E-state index contributed by atoms with van der Waals surface area (Å²) in [6, 6.07) is 0.925. The van der Waals surface area contributed by atoms with E-state index in [1.807, 2.05) is 12.4 Å². The molecule has 0 spiro atoms. The molecule has 0 radical (unpaired) electrons. The summed E-state index contributed by atoms with van der Waals surface area (Å²) in [6.07, 6.45) is 3.71. The van der Waals surface area contributed by atoms with Crippen LogP contribution in [0.5, 0.6) is 0 Å². The molecule has 0 aromatic carbocycles. The average Bonchev–Trinajstić information content (AvgIpc) is 2.35. The van der Waals surface area contributed by atoms with Crippen LogP contribution < -0.4 is 10.2 Å². The first kappa shape index (κ1) is 14.9. The zero-order valence-corrected chi connectivity index (χ0v) is 12.4. The molecular formula is C14H26N4. The van der Waals surface area contributed by atoms with Crippen LogP contribution in [0.15, 0.2) is 12.4 Å². The van der Waals surface area contributed by atoms with Crippen LogP contribution in [0.2, 0.25) is 0 Å². The normalized spacial score (nSPS) is 13.1. The number of hydrogen-bond donors (Lipinski definition) is 1. The second-order valence-corrected chi connectivity index (χ2v) is 5.50. The van der Waals surface area contributed by atoms with Gasteiger partial charge in [-0.1, -0.05) is 27.7 Å². The Morgan fingerprint density at radius 3 is 2.22 bits per heavy atom. The number of nitrogens with one attached hydrogen (secondary N) is 1. The molecule has 1 rings (SSSR count). The Bertz CT molecular complexity index is 345. The fraction of sp³-hybridized carbons (Fsp3) is 0.714. The van der Waals surface area contributed by atoms with Crippen molar-refractivity contribution in [1.82, 2.24) is 15.3 Å². The second-order valence-electron chi connectivity index (χ2n) is 5.50. The maximum atomic E-state index is 4.48. The lowest BCUT2D eigenvalue weighted by Crippen LogP contribution is -2.33. The molecule has 0 saturated carbocycles. The van der Waals surface area contributed by atoms with Crippen molar-refractivity contribution in [3.8, 4) is 0 Å². The lowest BCUT2D eigenvalue weighted by molar-refractivity contribution is 0.502. The van der Waals surface area contributed by atoms with Gasteiger partial charge in [0.05, 0.1) is 18.1 Å². The monoisotopic (exact) mass is 250 g/mol. The number of anilines is 1. The highest BCUT2D eigenvalue weighted by molar-refractivity contribution is 5.35. The molecule has 0 aliphatic rings. The Balaban J connectivity index is 2.64. The van der Waals surface area contributed by atoms with Crippen molar-refractivity contribution in [2.45, 2.75) is 53.2 Å². The second kappa shape index (κ2) is 6.69. The van der Waals surface area contributed by atoms with Gasteiger partial charge < -0.3 is 10.2 Å². The van der Waals surface area contributed by atoms with Crippen molar-refractivity contribution in [3.63, 3.8) is 0 Å². The van der Waals surface area contributed by atoms with Crippen molar-refractivity contribution in [2.24, 2.45) is 5.92 Å². The van der Waals surface area contributed by atoms with Crippen LogP contribution in [0.1, 0.15) is 40.3 Å². The molecule has 4 nitrogen and oxygen atoms in total. The van der Waals surface area contributed by atoms with Gasteiger partial charge in [0.1, 0.15) is 5.82 Å². The van der Waals surface area contributed by atoms with E-state index < -0.39 is 0 Å². The van der Waals surface area contributed by atoms with Gasteiger partial charge in [-0.25, -0.2) is 4.98 Å². The third-order valence-corrected chi connectivity index (χ3v) is 3.32. The van der Waals surface area contributed by atoms with Gasteiger partial charge in [0.15, 0.2) is 0 Å². The summed E-state index contributed by atoms with van der Waals surface area (Å²) < 4.78 is 0. The fourth-order valence-corrected chi connectivity index (χ4v) is 1.59. The number of nitrogens with zero attached hydrogens (tertiary/aromatic N) is 3. The zero-order valence-electron chi connectivity index (χ0n) is 12.4. The zero-order chi connectivity index (χ0) is 13.7. The molecule has 0 bridgehead atoms. The molecule has 1 aromatic rings. The molecule has 1 N–H and O–H groups in total. The third-order valence-electron chi connectivity index (χ3n) is 3.32. The van der Waals surface area contributed by atoms with E-state index in [0.717, 1.165) is 18.1 Å². The fourth-order valence-electron chi connectivity index (χ4n) is 1.59. The molecule has 18 heavy (non-hydrogen) atoms. The van der Waals surface area contributed by atoms with Gasteiger partial charge in [-0.15, -0.1) is 0 Å². The highest BCUT2D eigenvalue weighted by Gasteiger charge is 2.14. The SMILES string of the molecule is CC(C)NCc1cnc(N(C)C(C)C(C)C)cn1. The van der Waals surface area contributed by atoms with E-state index in [2.05, 4.69) is 61.9 Å². The van der Waals surface area contributed by atoms with Gasteiger partial charge in [-0.2, -0.15) is 0 Å². The number of aromatic nitrogens is 2. The van der Waals surface area contributed by atoms with Crippen LogP contribution >= 0.6 is 0 Å². The molecule has 1 aromatic heterocycles. The van der Waals surface area contributed by atoms with Crippen molar-refractivity contribution in [1.29, 1.82) is 0 Å². The summed E-state index contributed by atoms with van der Waals surface area (Å²) >= 11 is 0. The quantitative estimate of drug-likeness (QED) is 0.842. The molecule has 102 valence electrons. The molecule has 1 heterocycles. The minimum atomic E-state index is 0.457. The van der Waals surface area contributed by atoms with Crippen molar-refractivity contribution >= 4 is 5.82 Å². The Morgan fingerprint density at radius 1 is 1.11 bits per heavy atom. The molecule has 0 aliphatic heterocycles. The van der Waals surface area contributed by atoms with Crippen LogP contribution in [0, 0.1) is 5.92 Å². The predicted molar refractivity (Wildman–Crippen MR) is 76.7 cm³/mol. The Labute approximate surface area is 111 Å². The number of hydrogen-bond acceptors (Lipinski definition) is 4. The summed E-state index contributed by atoms with van der Waals surface area (Å²) in [7, 11) is 2.07. The molecule has 0 aliphatic carbocycles.